The summed E-state index contributed by atoms with van der Waals surface area (Å²) in [6.45, 7) is 0.843. The summed E-state index contributed by atoms with van der Waals surface area (Å²) >= 11 is 0. The second kappa shape index (κ2) is 18.9. The predicted molar refractivity (Wildman–Crippen MR) is 218 cm³/mol. The highest BCUT2D eigenvalue weighted by Crippen LogP contribution is 2.29. The Hall–Kier alpha value is -6.66. The van der Waals surface area contributed by atoms with Crippen molar-refractivity contribution in [2.75, 3.05) is 29.2 Å². The van der Waals surface area contributed by atoms with Crippen LogP contribution in [0, 0.1) is 0 Å². The summed E-state index contributed by atoms with van der Waals surface area (Å²) in [5.41, 5.74) is 1.56. The third kappa shape index (κ3) is 12.4. The van der Waals surface area contributed by atoms with E-state index >= 15 is 0 Å². The van der Waals surface area contributed by atoms with Gasteiger partial charge in [-0.15, -0.1) is 0 Å². The highest BCUT2D eigenvalue weighted by molar-refractivity contribution is 7.86. The van der Waals surface area contributed by atoms with Crippen molar-refractivity contribution in [3.8, 4) is 12.0 Å². The lowest BCUT2D eigenvalue weighted by Gasteiger charge is -2.13. The Kier molecular flexibility index (Phi) is 13.6. The molecule has 8 N–H and O–H groups in total. The second-order valence-corrected chi connectivity index (χ2v) is 15.5. The summed E-state index contributed by atoms with van der Waals surface area (Å²) in [4.78, 5) is 24.2. The first-order valence-electron chi connectivity index (χ1n) is 17.7. The molecule has 2 heterocycles. The van der Waals surface area contributed by atoms with E-state index in [-0.39, 0.29) is 59.0 Å². The Morgan fingerprint density at radius 1 is 0.583 bits per heavy atom. The molecule has 0 saturated carbocycles. The minimum Gasteiger partial charge on any atom is -0.461 e. The predicted octanol–water partition coefficient (Wildman–Crippen LogP) is 3.99. The number of hydrogen-bond acceptors (Lipinski definition) is 18. The molecule has 0 aliphatic carbocycles. The second-order valence-electron chi connectivity index (χ2n) is 12.8. The third-order valence-electron chi connectivity index (χ3n) is 7.86. The van der Waals surface area contributed by atoms with Crippen molar-refractivity contribution in [1.29, 1.82) is 0 Å². The molecule has 4 aromatic carbocycles. The van der Waals surface area contributed by atoms with Crippen LogP contribution in [0.5, 0.6) is 12.0 Å². The van der Waals surface area contributed by atoms with Crippen molar-refractivity contribution in [2.24, 2.45) is 0 Å². The van der Waals surface area contributed by atoms with Crippen LogP contribution in [-0.4, -0.2) is 96.8 Å². The first-order valence-corrected chi connectivity index (χ1v) is 20.6. The molecule has 20 nitrogen and oxygen atoms in total. The lowest BCUT2D eigenvalue weighted by Crippen LogP contribution is -2.18. The van der Waals surface area contributed by atoms with Crippen LogP contribution >= 0.6 is 0 Å². The van der Waals surface area contributed by atoms with E-state index in [1.807, 2.05) is 30.3 Å². The van der Waals surface area contributed by atoms with Gasteiger partial charge in [-0.2, -0.15) is 46.7 Å². The maximum atomic E-state index is 12.6. The number of ether oxygens (including phenoxy) is 2. The molecule has 0 spiro atoms. The molecule has 6 aromatic rings. The summed E-state index contributed by atoms with van der Waals surface area (Å²) in [7, 11) is -9.78. The van der Waals surface area contributed by atoms with Crippen LogP contribution in [0.25, 0.3) is 12.2 Å². The van der Waals surface area contributed by atoms with E-state index in [2.05, 4.69) is 45.9 Å². The smallest absolute Gasteiger partial charge is 0.323 e. The van der Waals surface area contributed by atoms with Crippen LogP contribution in [-0.2, 0) is 26.7 Å². The number of aromatic nitrogens is 6. The van der Waals surface area contributed by atoms with Gasteiger partial charge in [0.2, 0.25) is 17.8 Å². The van der Waals surface area contributed by atoms with Gasteiger partial charge in [0.25, 0.3) is 20.2 Å². The van der Waals surface area contributed by atoms with Gasteiger partial charge < -0.3 is 40.7 Å². The number of anilines is 6. The van der Waals surface area contributed by atoms with Crippen LogP contribution in [0.4, 0.5) is 34.9 Å². The Labute approximate surface area is 343 Å². The largest absolute Gasteiger partial charge is 0.461 e. The Balaban J connectivity index is 1.27. The van der Waals surface area contributed by atoms with Crippen LogP contribution in [0.2, 0.25) is 0 Å². The van der Waals surface area contributed by atoms with E-state index in [4.69, 9.17) is 9.47 Å². The van der Waals surface area contributed by atoms with Gasteiger partial charge in [-0.3, -0.25) is 9.11 Å². The number of para-hydroxylation sites is 1. The number of hydrogen-bond donors (Lipinski definition) is 8. The van der Waals surface area contributed by atoms with Gasteiger partial charge in [-0.1, -0.05) is 72.8 Å². The number of nitrogens with one attached hydrogen (secondary N) is 3. The zero-order valence-electron chi connectivity index (χ0n) is 31.4. The molecule has 0 fully saturated rings. The molecule has 0 aliphatic heterocycles. The molecule has 0 aliphatic rings. The average molecular weight is 860 g/mol. The van der Waals surface area contributed by atoms with Gasteiger partial charge in [0.05, 0.1) is 6.10 Å². The van der Waals surface area contributed by atoms with E-state index in [1.165, 1.54) is 43.3 Å². The van der Waals surface area contributed by atoms with Crippen LogP contribution in [0.3, 0.4) is 0 Å². The molecule has 0 amide bonds. The fourth-order valence-electron chi connectivity index (χ4n) is 5.29. The first kappa shape index (κ1) is 42.9. The van der Waals surface area contributed by atoms with Gasteiger partial charge in [-0.25, -0.2) is 0 Å². The van der Waals surface area contributed by atoms with Crippen LogP contribution in [0.15, 0.2) is 107 Å². The van der Waals surface area contributed by atoms with E-state index in [1.54, 1.807) is 30.3 Å². The summed E-state index contributed by atoms with van der Waals surface area (Å²) in [5, 5.41) is 36.9. The summed E-state index contributed by atoms with van der Waals surface area (Å²) < 4.78 is 81.5. The van der Waals surface area contributed by atoms with Crippen molar-refractivity contribution in [3.05, 3.63) is 120 Å². The molecule has 0 radical (unpaired) electrons. The van der Waals surface area contributed by atoms with Gasteiger partial charge in [-0.05, 0) is 60.0 Å². The monoisotopic (exact) mass is 859 g/mol. The SMILES string of the molecule is CC(O)COc1nc(Cc2ccccc2)nc(Nc2ccc(C=Cc3ccc(Nc4nc(Nc5ccccc5)nc(OCC(O)O)n4)cc3S(=O)(=O)O)c(S(=O)(=O)O)c2)n1. The zero-order valence-corrected chi connectivity index (χ0v) is 33.0. The lowest BCUT2D eigenvalue weighted by molar-refractivity contribution is -0.0697. The maximum Gasteiger partial charge on any atom is 0.323 e. The summed E-state index contributed by atoms with van der Waals surface area (Å²) in [5.74, 6) is 0.107. The van der Waals surface area contributed by atoms with Crippen LogP contribution < -0.4 is 25.4 Å². The van der Waals surface area contributed by atoms with Crippen molar-refractivity contribution in [2.45, 2.75) is 35.5 Å². The van der Waals surface area contributed by atoms with Crippen LogP contribution in [0.1, 0.15) is 29.4 Å². The number of nitrogens with zero attached hydrogens (tertiary/aromatic N) is 6. The van der Waals surface area contributed by atoms with E-state index in [0.29, 0.717) is 17.9 Å². The Morgan fingerprint density at radius 2 is 1.05 bits per heavy atom. The van der Waals surface area contributed by atoms with Crippen molar-refractivity contribution >= 4 is 67.3 Å². The number of benzene rings is 4. The van der Waals surface area contributed by atoms with Gasteiger partial charge >= 0.3 is 12.0 Å². The molecule has 60 heavy (non-hydrogen) atoms. The average Bonchev–Trinajstić information content (AvgIpc) is 3.19. The maximum absolute atomic E-state index is 12.6. The van der Waals surface area contributed by atoms with Gasteiger partial charge in [0, 0.05) is 23.5 Å². The summed E-state index contributed by atoms with van der Waals surface area (Å²) in [6.07, 6.45) is 0.0823. The quantitative estimate of drug-likeness (QED) is 0.0344. The van der Waals surface area contributed by atoms with Crippen molar-refractivity contribution < 1.29 is 50.7 Å². The van der Waals surface area contributed by atoms with E-state index < -0.39 is 49.0 Å². The normalized spacial score (nSPS) is 12.3. The molecule has 1 unspecified atom stereocenters. The molecule has 6 rings (SSSR count). The summed E-state index contributed by atoms with van der Waals surface area (Å²) in [6, 6.07) is 25.4. The minimum absolute atomic E-state index is 0.0147. The Morgan fingerprint density at radius 3 is 1.55 bits per heavy atom. The van der Waals surface area contributed by atoms with Gasteiger partial charge in [0.15, 0.2) is 6.29 Å². The number of aliphatic hydroxyl groups is 3. The minimum atomic E-state index is -4.90. The molecule has 22 heteroatoms. The molecule has 2 aromatic heterocycles. The fourth-order valence-corrected chi connectivity index (χ4v) is 6.71. The van der Waals surface area contributed by atoms with E-state index in [9.17, 15) is 41.3 Å². The highest BCUT2D eigenvalue weighted by atomic mass is 32.2. The fraction of sp³-hybridized carbons (Fsp3) is 0.158. The molecular weight excluding hydrogens is 823 g/mol. The molecular formula is C38H37N9O11S2. The third-order valence-corrected chi connectivity index (χ3v) is 9.68. The molecule has 312 valence electrons. The molecule has 0 bridgehead atoms. The Bertz CT molecular complexity index is 2510. The topological polar surface area (TPSA) is 301 Å². The highest BCUT2D eigenvalue weighted by Gasteiger charge is 2.20. The van der Waals surface area contributed by atoms with Crippen molar-refractivity contribution in [3.63, 3.8) is 0 Å². The first-order chi connectivity index (χ1) is 28.6. The molecule has 1 atom stereocenters. The number of aliphatic hydroxyl groups excluding tert-OH is 2. The number of rotatable bonds is 18. The zero-order chi connectivity index (χ0) is 42.9. The lowest BCUT2D eigenvalue weighted by atomic mass is 10.1. The standard InChI is InChI=1S/C38H37N9O11S2/c1-23(48)21-57-37-43-32(18-24-8-4-2-5-9-24)42-34(45-37)40-28-16-14-25(30(19-28)59(51,52)53)12-13-26-15-17-29(20-31(26)60(54,55)56)41-36-44-35(39-27-10-6-3-7-11-27)46-38(47-36)58-22-33(49)50/h2-17,19-20,23,33,48-50H,18,21-22H2,1H3,(H,51,52,53)(H,54,55,56)(H,40,42,43,45)(H2,39,41,44,46,47). The van der Waals surface area contributed by atoms with Gasteiger partial charge in [0.1, 0.15) is 28.8 Å². The van der Waals surface area contributed by atoms with E-state index in [0.717, 1.165) is 17.7 Å². The molecule has 0 saturated heterocycles. The van der Waals surface area contributed by atoms with Crippen molar-refractivity contribution in [1.82, 2.24) is 29.9 Å².